The minimum Gasteiger partial charge on any atom is -0.347 e. The summed E-state index contributed by atoms with van der Waals surface area (Å²) in [7, 11) is -1.17. The fourth-order valence-electron chi connectivity index (χ4n) is 4.13. The van der Waals surface area contributed by atoms with E-state index in [0.29, 0.717) is 0 Å². The summed E-state index contributed by atoms with van der Waals surface area (Å²) >= 11 is 0. The molecule has 0 fully saturated rings. The van der Waals surface area contributed by atoms with Crippen LogP contribution in [0.15, 0.2) is 146 Å². The topological polar surface area (TPSA) is 16.1 Å². The first-order valence-corrected chi connectivity index (χ1v) is 14.8. The Kier molecular flexibility index (Phi) is 7.96. The average Bonchev–Trinajstić information content (AvgIpc) is 2.95. The predicted molar refractivity (Wildman–Crippen MR) is 155 cm³/mol. The number of aromatic nitrogens is 1. The number of hydrogen-bond donors (Lipinski definition) is 0. The number of anilines is 1. The molecule has 1 aromatic heterocycles. The maximum absolute atomic E-state index is 4.81. The van der Waals surface area contributed by atoms with Gasteiger partial charge in [-0.25, -0.2) is 4.98 Å². The SMILES string of the molecule is c1ccc(P(CN(CP(c2ccccc2)c2ccccc2)c2ccccn2)c2ccccc2)cc1. The van der Waals surface area contributed by atoms with E-state index in [9.17, 15) is 0 Å². The second kappa shape index (κ2) is 11.9. The molecule has 0 N–H and O–H groups in total. The number of benzene rings is 4. The summed E-state index contributed by atoms with van der Waals surface area (Å²) in [5.74, 6) is 1.03. The van der Waals surface area contributed by atoms with Gasteiger partial charge in [0.15, 0.2) is 0 Å². The Labute approximate surface area is 210 Å². The molecule has 2 nitrogen and oxygen atoms in total. The van der Waals surface area contributed by atoms with E-state index in [1.807, 2.05) is 12.3 Å². The summed E-state index contributed by atoms with van der Waals surface area (Å²) in [6.45, 7) is 0. The van der Waals surface area contributed by atoms with Crippen LogP contribution in [0.2, 0.25) is 0 Å². The van der Waals surface area contributed by atoms with Crippen LogP contribution < -0.4 is 26.1 Å². The molecule has 0 aliphatic carbocycles. The summed E-state index contributed by atoms with van der Waals surface area (Å²) in [5.41, 5.74) is 0. The molecule has 0 atom stereocenters. The molecule has 5 rings (SSSR count). The van der Waals surface area contributed by atoms with Crippen molar-refractivity contribution < 1.29 is 0 Å². The maximum atomic E-state index is 4.81. The number of nitrogens with zero attached hydrogens (tertiary/aromatic N) is 2. The van der Waals surface area contributed by atoms with Gasteiger partial charge in [0.05, 0.1) is 0 Å². The summed E-state index contributed by atoms with van der Waals surface area (Å²) in [4.78, 5) is 7.32. The molecule has 0 saturated heterocycles. The van der Waals surface area contributed by atoms with Crippen molar-refractivity contribution >= 4 is 42.9 Å². The third kappa shape index (κ3) is 6.04. The van der Waals surface area contributed by atoms with E-state index < -0.39 is 15.8 Å². The van der Waals surface area contributed by atoms with Gasteiger partial charge in [-0.3, -0.25) is 0 Å². The van der Waals surface area contributed by atoms with Gasteiger partial charge in [0.25, 0.3) is 0 Å². The van der Waals surface area contributed by atoms with Crippen LogP contribution in [0.4, 0.5) is 5.82 Å². The van der Waals surface area contributed by atoms with Crippen molar-refractivity contribution in [1.82, 2.24) is 4.98 Å². The van der Waals surface area contributed by atoms with Crippen LogP contribution in [0.25, 0.3) is 0 Å². The molecule has 0 aliphatic heterocycles. The quantitative estimate of drug-likeness (QED) is 0.233. The lowest BCUT2D eigenvalue weighted by Crippen LogP contribution is -2.32. The molecule has 4 heteroatoms. The first-order valence-electron chi connectivity index (χ1n) is 11.8. The highest BCUT2D eigenvalue weighted by Crippen LogP contribution is 2.40. The zero-order chi connectivity index (χ0) is 23.7. The fourth-order valence-corrected chi connectivity index (χ4v) is 8.84. The second-order valence-electron chi connectivity index (χ2n) is 8.21. The Balaban J connectivity index is 1.55. The molecule has 172 valence electrons. The molecule has 5 aromatic rings. The van der Waals surface area contributed by atoms with Gasteiger partial charge in [-0.2, -0.15) is 0 Å². The van der Waals surface area contributed by atoms with Gasteiger partial charge in [0.2, 0.25) is 0 Å². The highest BCUT2D eigenvalue weighted by Gasteiger charge is 2.23. The normalized spacial score (nSPS) is 11.0. The van der Waals surface area contributed by atoms with Crippen molar-refractivity contribution in [3.05, 3.63) is 146 Å². The Morgan fingerprint density at radius 1 is 0.429 bits per heavy atom. The van der Waals surface area contributed by atoms with Gasteiger partial charge in [0, 0.05) is 18.8 Å². The number of pyridine rings is 1. The molecule has 35 heavy (non-hydrogen) atoms. The van der Waals surface area contributed by atoms with E-state index in [0.717, 1.165) is 18.4 Å². The lowest BCUT2D eigenvalue weighted by atomic mass is 10.4. The zero-order valence-corrected chi connectivity index (χ0v) is 21.3. The van der Waals surface area contributed by atoms with Crippen molar-refractivity contribution in [2.45, 2.75) is 0 Å². The molecule has 0 saturated carbocycles. The largest absolute Gasteiger partial charge is 0.347 e. The highest BCUT2D eigenvalue weighted by molar-refractivity contribution is 7.74. The van der Waals surface area contributed by atoms with Crippen LogP contribution in [-0.4, -0.2) is 17.6 Å². The van der Waals surface area contributed by atoms with E-state index >= 15 is 0 Å². The molecule has 0 aliphatic rings. The number of rotatable bonds is 9. The van der Waals surface area contributed by atoms with Crippen molar-refractivity contribution in [3.8, 4) is 0 Å². The predicted octanol–water partition coefficient (Wildman–Crippen LogP) is 6.07. The fraction of sp³-hybridized carbons (Fsp3) is 0.0645. The van der Waals surface area contributed by atoms with E-state index in [1.54, 1.807) is 0 Å². The minimum absolute atomic E-state index is 0.586. The summed E-state index contributed by atoms with van der Waals surface area (Å²) in [6.07, 6.45) is 3.74. The molecule has 0 amide bonds. The van der Waals surface area contributed by atoms with Gasteiger partial charge in [-0.05, 0) is 49.2 Å². The van der Waals surface area contributed by atoms with E-state index in [4.69, 9.17) is 4.98 Å². The standard InChI is InChI=1S/C31H28N2P2/c1-5-15-27(16-6-1)34(28-17-7-2-8-18-28)25-33(31-23-13-14-24-32-31)26-35(29-19-9-3-10-20-29)30-21-11-4-12-22-30/h1-24H,25-26H2. The summed E-state index contributed by atoms with van der Waals surface area (Å²) < 4.78 is 0. The minimum atomic E-state index is -0.586. The van der Waals surface area contributed by atoms with Gasteiger partial charge in [0.1, 0.15) is 5.82 Å². The van der Waals surface area contributed by atoms with Gasteiger partial charge in [-0.1, -0.05) is 127 Å². The molecule has 0 bridgehead atoms. The van der Waals surface area contributed by atoms with Crippen molar-refractivity contribution in [3.63, 3.8) is 0 Å². The zero-order valence-electron chi connectivity index (χ0n) is 19.6. The lowest BCUT2D eigenvalue weighted by molar-refractivity contribution is 1.01. The molecule has 0 unspecified atom stereocenters. The van der Waals surface area contributed by atoms with E-state index in [-0.39, 0.29) is 0 Å². The van der Waals surface area contributed by atoms with Crippen LogP contribution >= 0.6 is 15.8 Å². The van der Waals surface area contributed by atoms with Gasteiger partial charge in [-0.15, -0.1) is 0 Å². The van der Waals surface area contributed by atoms with Crippen LogP contribution in [0.3, 0.4) is 0 Å². The van der Waals surface area contributed by atoms with Crippen LogP contribution in [0.1, 0.15) is 0 Å². The van der Waals surface area contributed by atoms with Crippen molar-refractivity contribution in [2.75, 3.05) is 17.5 Å². The van der Waals surface area contributed by atoms with E-state index in [2.05, 4.69) is 138 Å². The molecular formula is C31H28N2P2. The summed E-state index contributed by atoms with van der Waals surface area (Å²) in [5, 5.41) is 5.55. The second-order valence-corrected chi connectivity index (χ2v) is 12.6. The maximum Gasteiger partial charge on any atom is 0.129 e. The average molecular weight is 491 g/mol. The van der Waals surface area contributed by atoms with Gasteiger partial charge >= 0.3 is 0 Å². The Morgan fingerprint density at radius 3 is 1.09 bits per heavy atom. The Morgan fingerprint density at radius 2 is 0.771 bits per heavy atom. The van der Waals surface area contributed by atoms with Crippen LogP contribution in [0.5, 0.6) is 0 Å². The Bertz CT molecular complexity index is 1120. The molecule has 4 aromatic carbocycles. The van der Waals surface area contributed by atoms with Crippen molar-refractivity contribution in [2.24, 2.45) is 0 Å². The van der Waals surface area contributed by atoms with Gasteiger partial charge < -0.3 is 4.90 Å². The molecule has 0 radical (unpaired) electrons. The van der Waals surface area contributed by atoms with Crippen LogP contribution in [0, 0.1) is 0 Å². The monoisotopic (exact) mass is 490 g/mol. The summed E-state index contributed by atoms with van der Waals surface area (Å²) in [6, 6.07) is 50.0. The third-order valence-electron chi connectivity index (χ3n) is 5.87. The first kappa shape index (κ1) is 23.4. The smallest absolute Gasteiger partial charge is 0.129 e. The highest BCUT2D eigenvalue weighted by atomic mass is 31.1. The first-order chi connectivity index (χ1) is 17.4. The molecule has 1 heterocycles. The van der Waals surface area contributed by atoms with Crippen LogP contribution in [-0.2, 0) is 0 Å². The Hall–Kier alpha value is -3.31. The molecular weight excluding hydrogens is 462 g/mol. The van der Waals surface area contributed by atoms with E-state index in [1.165, 1.54) is 21.2 Å². The molecule has 0 spiro atoms. The number of hydrogen-bond acceptors (Lipinski definition) is 2. The third-order valence-corrected chi connectivity index (χ3v) is 10.8. The lowest BCUT2D eigenvalue weighted by Gasteiger charge is -2.33. The van der Waals surface area contributed by atoms with Crippen molar-refractivity contribution in [1.29, 1.82) is 0 Å².